The number of carbonyl (C=O) groups is 1. The number of rotatable bonds is 6. The van der Waals surface area contributed by atoms with Crippen molar-refractivity contribution in [3.63, 3.8) is 0 Å². The van der Waals surface area contributed by atoms with Gasteiger partial charge in [-0.3, -0.25) is 0 Å². The molecule has 1 fully saturated rings. The van der Waals surface area contributed by atoms with Gasteiger partial charge >= 0.3 is 6.09 Å². The topological polar surface area (TPSA) is 154 Å². The van der Waals surface area contributed by atoms with Crippen LogP contribution in [0, 0.1) is 11.3 Å². The van der Waals surface area contributed by atoms with Gasteiger partial charge < -0.3 is 19.7 Å². The average molecular weight is 490 g/mol. The molecule has 3 aromatic rings. The molecule has 12 heteroatoms. The molecular formula is C24H27N9O3. The molecule has 0 radical (unpaired) electrons. The van der Waals surface area contributed by atoms with Crippen LogP contribution in [0.5, 0.6) is 5.75 Å². The maximum absolute atomic E-state index is 12.3. The Bertz CT molecular complexity index is 1350. The molecule has 0 unspecified atom stereocenters. The molecule has 1 aliphatic heterocycles. The predicted molar refractivity (Wildman–Crippen MR) is 133 cm³/mol. The van der Waals surface area contributed by atoms with Crippen LogP contribution in [0.25, 0.3) is 27.1 Å². The predicted octanol–water partition coefficient (Wildman–Crippen LogP) is 4.06. The summed E-state index contributed by atoms with van der Waals surface area (Å²) < 4.78 is 12.7. The Labute approximate surface area is 208 Å². The lowest BCUT2D eigenvalue weighted by atomic mass is 10.1. The third kappa shape index (κ3) is 5.26. The number of amides is 1. The van der Waals surface area contributed by atoms with E-state index in [2.05, 4.69) is 31.5 Å². The molecule has 3 aromatic heterocycles. The summed E-state index contributed by atoms with van der Waals surface area (Å²) in [5.74, 6) is 1.29. The largest absolute Gasteiger partial charge is 0.492 e. The molecule has 0 saturated carbocycles. The summed E-state index contributed by atoms with van der Waals surface area (Å²) in [7, 11) is 0. The van der Waals surface area contributed by atoms with Gasteiger partial charge in [-0.1, -0.05) is 5.11 Å². The van der Waals surface area contributed by atoms with E-state index in [1.807, 2.05) is 30.0 Å². The van der Waals surface area contributed by atoms with Gasteiger partial charge in [0.15, 0.2) is 0 Å². The SMILES string of the molecule is CCOc1cc(-c2ccc(N3C[C@@H](N=[N+]=[N-])[C@H](NC(=O)OC(C)(C)C)C3)nc2)c2c(C#N)cnn2c1. The molecule has 1 aliphatic rings. The molecule has 4 rings (SSSR count). The highest BCUT2D eigenvalue weighted by molar-refractivity contribution is 5.85. The normalized spacial score (nSPS) is 17.4. The summed E-state index contributed by atoms with van der Waals surface area (Å²) in [5, 5.41) is 20.5. The number of alkyl carbamates (subject to hydrolysis) is 1. The summed E-state index contributed by atoms with van der Waals surface area (Å²) in [5.41, 5.74) is 11.0. The first-order chi connectivity index (χ1) is 17.2. The first-order valence-corrected chi connectivity index (χ1v) is 11.5. The van der Waals surface area contributed by atoms with E-state index in [4.69, 9.17) is 15.0 Å². The van der Waals surface area contributed by atoms with Crippen molar-refractivity contribution in [3.05, 3.63) is 52.8 Å². The van der Waals surface area contributed by atoms with Gasteiger partial charge in [-0.25, -0.2) is 14.3 Å². The summed E-state index contributed by atoms with van der Waals surface area (Å²) in [6.45, 7) is 8.54. The van der Waals surface area contributed by atoms with Crippen LogP contribution in [-0.2, 0) is 4.74 Å². The maximum atomic E-state index is 12.3. The molecule has 2 atom stereocenters. The van der Waals surface area contributed by atoms with E-state index in [0.29, 0.717) is 42.3 Å². The Balaban J connectivity index is 1.59. The molecule has 12 nitrogen and oxygen atoms in total. The third-order valence-corrected chi connectivity index (χ3v) is 5.59. The number of fused-ring (bicyclic) bond motifs is 1. The van der Waals surface area contributed by atoms with E-state index < -0.39 is 23.8 Å². The molecule has 4 heterocycles. The number of pyridine rings is 2. The fourth-order valence-electron chi connectivity index (χ4n) is 4.13. The van der Waals surface area contributed by atoms with Gasteiger partial charge in [0.25, 0.3) is 0 Å². The van der Waals surface area contributed by atoms with Crippen LogP contribution in [0.4, 0.5) is 10.6 Å². The zero-order chi connectivity index (χ0) is 25.9. The van der Waals surface area contributed by atoms with Crippen LogP contribution in [0.15, 0.2) is 41.9 Å². The fraction of sp³-hybridized carbons (Fsp3) is 0.417. The van der Waals surface area contributed by atoms with Crippen LogP contribution in [0.2, 0.25) is 0 Å². The summed E-state index contributed by atoms with van der Waals surface area (Å²) in [6, 6.07) is 6.90. The van der Waals surface area contributed by atoms with Crippen LogP contribution in [0.1, 0.15) is 33.3 Å². The Hall–Kier alpha value is -4.49. The number of ether oxygens (including phenoxy) is 2. The van der Waals surface area contributed by atoms with E-state index in [-0.39, 0.29) is 0 Å². The number of anilines is 1. The minimum absolute atomic E-state index is 0.391. The molecule has 1 N–H and O–H groups in total. The molecule has 1 saturated heterocycles. The van der Waals surface area contributed by atoms with E-state index >= 15 is 0 Å². The van der Waals surface area contributed by atoms with Crippen molar-refractivity contribution in [2.45, 2.75) is 45.4 Å². The Morgan fingerprint density at radius 3 is 2.81 bits per heavy atom. The second-order valence-corrected chi connectivity index (χ2v) is 9.32. The highest BCUT2D eigenvalue weighted by Crippen LogP contribution is 2.32. The molecule has 1 amide bonds. The number of aromatic nitrogens is 3. The molecule has 36 heavy (non-hydrogen) atoms. The van der Waals surface area contributed by atoms with Gasteiger partial charge in [-0.15, -0.1) is 0 Å². The smallest absolute Gasteiger partial charge is 0.407 e. The molecule has 186 valence electrons. The second kappa shape index (κ2) is 10.0. The highest BCUT2D eigenvalue weighted by Gasteiger charge is 2.35. The van der Waals surface area contributed by atoms with Gasteiger partial charge in [0.1, 0.15) is 23.2 Å². The number of nitrogens with zero attached hydrogens (tertiary/aromatic N) is 8. The standard InChI is InChI=1S/C24H27N9O3/c1-5-35-17-8-18(22-16(9-25)11-28-33(22)12-17)15-6-7-21(27-10-15)32-13-19(20(14-32)30-31-26)29-23(34)36-24(2,3)4/h6-8,10-12,19-20H,5,13-14H2,1-4H3,(H,29,34)/t19-,20-/m1/s1. The lowest BCUT2D eigenvalue weighted by Gasteiger charge is -2.23. The lowest BCUT2D eigenvalue weighted by Crippen LogP contribution is -2.44. The number of hydrogen-bond acceptors (Lipinski definition) is 8. The second-order valence-electron chi connectivity index (χ2n) is 9.32. The van der Waals surface area contributed by atoms with Gasteiger partial charge in [0, 0.05) is 35.3 Å². The summed E-state index contributed by atoms with van der Waals surface area (Å²) >= 11 is 0. The lowest BCUT2D eigenvalue weighted by molar-refractivity contribution is 0.0505. The number of hydrogen-bond donors (Lipinski definition) is 1. The van der Waals surface area contributed by atoms with Crippen molar-refractivity contribution in [1.29, 1.82) is 5.26 Å². The van der Waals surface area contributed by atoms with E-state index in [9.17, 15) is 10.1 Å². The van der Waals surface area contributed by atoms with Crippen molar-refractivity contribution in [3.8, 4) is 22.9 Å². The monoisotopic (exact) mass is 489 g/mol. The van der Waals surface area contributed by atoms with Gasteiger partial charge in [-0.2, -0.15) is 10.4 Å². The fourth-order valence-corrected chi connectivity index (χ4v) is 4.13. The molecular weight excluding hydrogens is 462 g/mol. The van der Waals surface area contributed by atoms with E-state index in [1.165, 1.54) is 6.20 Å². The first kappa shape index (κ1) is 24.6. The Kier molecular flexibility index (Phi) is 6.85. The third-order valence-electron chi connectivity index (χ3n) is 5.59. The van der Waals surface area contributed by atoms with Gasteiger partial charge in [0.2, 0.25) is 0 Å². The molecule has 0 spiro atoms. The number of azide groups is 1. The highest BCUT2D eigenvalue weighted by atomic mass is 16.6. The van der Waals surface area contributed by atoms with Gasteiger partial charge in [-0.05, 0) is 51.4 Å². The quantitative estimate of drug-likeness (QED) is 0.311. The van der Waals surface area contributed by atoms with Crippen molar-refractivity contribution in [2.75, 3.05) is 24.6 Å². The van der Waals surface area contributed by atoms with Crippen molar-refractivity contribution in [2.24, 2.45) is 5.11 Å². The van der Waals surface area contributed by atoms with E-state index in [1.54, 1.807) is 37.7 Å². The Morgan fingerprint density at radius 2 is 2.17 bits per heavy atom. The minimum atomic E-state index is -0.639. The minimum Gasteiger partial charge on any atom is -0.492 e. The zero-order valence-corrected chi connectivity index (χ0v) is 20.5. The Morgan fingerprint density at radius 1 is 1.36 bits per heavy atom. The number of carbonyl (C=O) groups excluding carboxylic acids is 1. The van der Waals surface area contributed by atoms with Crippen LogP contribution < -0.4 is 15.0 Å². The first-order valence-electron chi connectivity index (χ1n) is 11.5. The summed E-state index contributed by atoms with van der Waals surface area (Å²) in [4.78, 5) is 21.8. The molecule has 0 bridgehead atoms. The van der Waals surface area contributed by atoms with Crippen LogP contribution >= 0.6 is 0 Å². The number of nitriles is 1. The van der Waals surface area contributed by atoms with Gasteiger partial charge in [0.05, 0.1) is 42.2 Å². The van der Waals surface area contributed by atoms with Crippen molar-refractivity contribution >= 4 is 17.4 Å². The van der Waals surface area contributed by atoms with E-state index in [0.717, 1.165) is 11.1 Å². The number of nitrogens with one attached hydrogen (secondary N) is 1. The van der Waals surface area contributed by atoms with Crippen molar-refractivity contribution in [1.82, 2.24) is 19.9 Å². The van der Waals surface area contributed by atoms with Crippen LogP contribution in [-0.4, -0.2) is 58.1 Å². The summed E-state index contributed by atoms with van der Waals surface area (Å²) in [6.07, 6.45) is 4.41. The molecule has 0 aromatic carbocycles. The molecule has 0 aliphatic carbocycles. The van der Waals surface area contributed by atoms with Crippen molar-refractivity contribution < 1.29 is 14.3 Å². The average Bonchev–Trinajstić information content (AvgIpc) is 3.42. The van der Waals surface area contributed by atoms with Crippen LogP contribution in [0.3, 0.4) is 0 Å². The maximum Gasteiger partial charge on any atom is 0.407 e. The zero-order valence-electron chi connectivity index (χ0n) is 20.5.